The molecule has 0 spiro atoms. The number of halogens is 1. The van der Waals surface area contributed by atoms with Gasteiger partial charge in [-0.05, 0) is 54.5 Å². The van der Waals surface area contributed by atoms with Gasteiger partial charge in [-0.15, -0.1) is 0 Å². The maximum Gasteiger partial charge on any atom is 0.257 e. The van der Waals surface area contributed by atoms with Crippen LogP contribution in [0.15, 0.2) is 16.9 Å². The van der Waals surface area contributed by atoms with Crippen LogP contribution < -0.4 is 10.9 Å². The van der Waals surface area contributed by atoms with E-state index in [4.69, 9.17) is 9.72 Å². The van der Waals surface area contributed by atoms with E-state index in [1.807, 2.05) is 13.0 Å². The van der Waals surface area contributed by atoms with Crippen LogP contribution in [0.2, 0.25) is 0 Å². The van der Waals surface area contributed by atoms with E-state index in [-0.39, 0.29) is 49.1 Å². The number of aliphatic hydroxyl groups is 1. The molecule has 10 heteroatoms. The van der Waals surface area contributed by atoms with E-state index in [1.165, 1.54) is 6.07 Å². The van der Waals surface area contributed by atoms with Gasteiger partial charge in [-0.2, -0.15) is 12.6 Å². The molecule has 0 fully saturated rings. The van der Waals surface area contributed by atoms with E-state index in [2.05, 4.69) is 17.9 Å². The van der Waals surface area contributed by atoms with Crippen molar-refractivity contribution >= 4 is 35.2 Å². The average molecular weight is 538 g/mol. The molecular weight excluding hydrogens is 509 g/mol. The lowest BCUT2D eigenvalue weighted by atomic mass is 9.81. The Morgan fingerprint density at radius 3 is 2.84 bits per heavy atom. The Morgan fingerprint density at radius 1 is 1.32 bits per heavy atom. The third kappa shape index (κ3) is 3.65. The van der Waals surface area contributed by atoms with Crippen LogP contribution >= 0.6 is 12.6 Å². The second-order valence-corrected chi connectivity index (χ2v) is 10.7. The molecule has 0 unspecified atom stereocenters. The number of pyridine rings is 2. The lowest BCUT2D eigenvalue weighted by Crippen LogP contribution is -2.40. The van der Waals surface area contributed by atoms with Gasteiger partial charge in [-0.1, -0.05) is 6.92 Å². The van der Waals surface area contributed by atoms with Gasteiger partial charge < -0.3 is 19.7 Å². The summed E-state index contributed by atoms with van der Waals surface area (Å²) in [5.74, 6) is -1.06. The molecule has 2 N–H and O–H groups in total. The predicted molar refractivity (Wildman–Crippen MR) is 142 cm³/mol. The highest BCUT2D eigenvalue weighted by Gasteiger charge is 2.40. The van der Waals surface area contributed by atoms with Crippen LogP contribution in [-0.2, 0) is 39.5 Å². The zero-order valence-electron chi connectivity index (χ0n) is 21.2. The first-order valence-electron chi connectivity index (χ1n) is 12.8. The van der Waals surface area contributed by atoms with Crippen molar-refractivity contribution in [3.63, 3.8) is 0 Å². The SMILES string of the molecule is CC[C@@]1(O)COCc2c1cc1n(c2=O)Cc2c-1nc1cc(F)c(C)c3c1c2[C@@H](NC(=O)CC(=O)CS)CC3. The number of nitrogens with one attached hydrogen (secondary N) is 1. The number of hydrogen-bond acceptors (Lipinski definition) is 7. The summed E-state index contributed by atoms with van der Waals surface area (Å²) in [6.07, 6.45) is 1.17. The molecule has 2 aromatic heterocycles. The second kappa shape index (κ2) is 9.00. The first kappa shape index (κ1) is 25.2. The summed E-state index contributed by atoms with van der Waals surface area (Å²) >= 11 is 3.97. The molecule has 8 nitrogen and oxygen atoms in total. The molecular formula is C28H28FN3O5S. The van der Waals surface area contributed by atoms with Crippen molar-refractivity contribution in [1.29, 1.82) is 0 Å². The Kier molecular flexibility index (Phi) is 5.97. The molecule has 38 heavy (non-hydrogen) atoms. The zero-order valence-corrected chi connectivity index (χ0v) is 22.1. The molecule has 0 bridgehead atoms. The monoisotopic (exact) mass is 537 g/mol. The Hall–Kier alpha value is -3.08. The molecule has 6 rings (SSSR count). The van der Waals surface area contributed by atoms with Gasteiger partial charge in [0.2, 0.25) is 5.91 Å². The van der Waals surface area contributed by atoms with Gasteiger partial charge in [0.25, 0.3) is 5.56 Å². The van der Waals surface area contributed by atoms with Gasteiger partial charge in [-0.25, -0.2) is 9.37 Å². The fraction of sp³-hybridized carbons (Fsp3) is 0.429. The number of carbonyl (C=O) groups is 2. The highest BCUT2D eigenvalue weighted by molar-refractivity contribution is 7.81. The minimum Gasteiger partial charge on any atom is -0.383 e. The van der Waals surface area contributed by atoms with E-state index < -0.39 is 17.6 Å². The number of Topliss-reactive ketones (excluding diaryl/α,β-unsaturated/α-hetero) is 1. The standard InChI is InChI=1S/C28H28FN3O5S/c1-3-28(36)12-37-10-17-18(28)7-22-26-16(9-32(22)27(17)35)25-20(30-23(34)6-14(33)11-38)5-4-15-13(2)19(29)8-21(31-26)24(15)25/h7-8,20,36,38H,3-6,9-12H2,1-2H3,(H,30,34)/t20-,28+/m0/s1. The number of hydrogen-bond donors (Lipinski definition) is 3. The van der Waals surface area contributed by atoms with E-state index in [9.17, 15) is 23.9 Å². The molecule has 4 heterocycles. The van der Waals surface area contributed by atoms with Crippen molar-refractivity contribution in [3.05, 3.63) is 61.7 Å². The Labute approximate surface area is 223 Å². The Bertz CT molecular complexity index is 1620. The number of carbonyl (C=O) groups excluding carboxylic acids is 2. The molecule has 2 atom stereocenters. The predicted octanol–water partition coefficient (Wildman–Crippen LogP) is 2.99. The number of amides is 1. The molecule has 1 aliphatic carbocycles. The topological polar surface area (TPSA) is 111 Å². The van der Waals surface area contributed by atoms with Gasteiger partial charge in [0.15, 0.2) is 5.78 Å². The van der Waals surface area contributed by atoms with Gasteiger partial charge >= 0.3 is 0 Å². The quantitative estimate of drug-likeness (QED) is 0.267. The Balaban J connectivity index is 1.58. The summed E-state index contributed by atoms with van der Waals surface area (Å²) in [6, 6.07) is 2.79. The van der Waals surface area contributed by atoms with Crippen LogP contribution in [0.25, 0.3) is 22.3 Å². The van der Waals surface area contributed by atoms with Crippen molar-refractivity contribution in [2.24, 2.45) is 0 Å². The average Bonchev–Trinajstić information content (AvgIpc) is 3.27. The van der Waals surface area contributed by atoms with Gasteiger partial charge in [-0.3, -0.25) is 14.4 Å². The number of aryl methyl sites for hydroxylation is 1. The second-order valence-electron chi connectivity index (χ2n) is 10.4. The third-order valence-electron chi connectivity index (χ3n) is 8.28. The molecule has 0 radical (unpaired) electrons. The maximum atomic E-state index is 15.0. The van der Waals surface area contributed by atoms with Gasteiger partial charge in [0.1, 0.15) is 11.4 Å². The lowest BCUT2D eigenvalue weighted by molar-refractivity contribution is -0.127. The fourth-order valence-electron chi connectivity index (χ4n) is 6.22. The number of benzene rings is 1. The number of ether oxygens (including phenoxy) is 1. The molecule has 198 valence electrons. The summed E-state index contributed by atoms with van der Waals surface area (Å²) in [5.41, 5.74) is 3.96. The summed E-state index contributed by atoms with van der Waals surface area (Å²) in [7, 11) is 0. The van der Waals surface area contributed by atoms with Crippen molar-refractivity contribution in [2.75, 3.05) is 12.4 Å². The van der Waals surface area contributed by atoms with Crippen molar-refractivity contribution in [3.8, 4) is 11.4 Å². The largest absolute Gasteiger partial charge is 0.383 e. The molecule has 1 amide bonds. The third-order valence-corrected chi connectivity index (χ3v) is 8.63. The van der Waals surface area contributed by atoms with Crippen molar-refractivity contribution in [1.82, 2.24) is 14.9 Å². The highest BCUT2D eigenvalue weighted by atomic mass is 32.1. The fourth-order valence-corrected chi connectivity index (χ4v) is 6.33. The molecule has 0 saturated heterocycles. The number of aromatic nitrogens is 2. The van der Waals surface area contributed by atoms with Crippen LogP contribution in [0, 0.1) is 12.7 Å². The molecule has 0 saturated carbocycles. The van der Waals surface area contributed by atoms with Gasteiger partial charge in [0.05, 0.1) is 49.1 Å². The number of ketones is 1. The van der Waals surface area contributed by atoms with Crippen LogP contribution in [0.3, 0.4) is 0 Å². The van der Waals surface area contributed by atoms with E-state index in [1.54, 1.807) is 11.5 Å². The molecule has 3 aromatic rings. The van der Waals surface area contributed by atoms with Crippen LogP contribution in [0.1, 0.15) is 65.6 Å². The lowest BCUT2D eigenvalue weighted by Gasteiger charge is -2.33. The van der Waals surface area contributed by atoms with E-state index >= 15 is 0 Å². The first-order valence-corrected chi connectivity index (χ1v) is 13.4. The summed E-state index contributed by atoms with van der Waals surface area (Å²) in [5, 5.41) is 15.0. The van der Waals surface area contributed by atoms with Gasteiger partial charge in [0, 0.05) is 28.3 Å². The van der Waals surface area contributed by atoms with Crippen LogP contribution in [0.4, 0.5) is 4.39 Å². The summed E-state index contributed by atoms with van der Waals surface area (Å²) < 4.78 is 22.2. The first-order chi connectivity index (χ1) is 18.2. The minimum absolute atomic E-state index is 0.0228. The van der Waals surface area contributed by atoms with Crippen molar-refractivity contribution < 1.29 is 23.8 Å². The highest BCUT2D eigenvalue weighted by Crippen LogP contribution is 2.45. The molecule has 3 aliphatic rings. The summed E-state index contributed by atoms with van der Waals surface area (Å²) in [4.78, 5) is 43.1. The minimum atomic E-state index is -1.29. The zero-order chi connectivity index (χ0) is 26.9. The van der Waals surface area contributed by atoms with Crippen molar-refractivity contribution in [2.45, 2.75) is 64.3 Å². The van der Waals surface area contributed by atoms with E-state index in [0.29, 0.717) is 52.9 Å². The number of rotatable bonds is 5. The number of fused-ring (bicyclic) bond motifs is 5. The van der Waals surface area contributed by atoms with E-state index in [0.717, 1.165) is 22.1 Å². The Morgan fingerprint density at radius 2 is 2.11 bits per heavy atom. The summed E-state index contributed by atoms with van der Waals surface area (Å²) in [6.45, 7) is 4.02. The molecule has 2 aliphatic heterocycles. The van der Waals surface area contributed by atoms with Crippen LogP contribution in [0.5, 0.6) is 0 Å². The number of nitrogens with zero attached hydrogens (tertiary/aromatic N) is 2. The molecule has 1 aromatic carbocycles. The normalized spacial score (nSPS) is 21.1. The maximum absolute atomic E-state index is 15.0. The number of thiol groups is 1. The smallest absolute Gasteiger partial charge is 0.257 e. The van der Waals surface area contributed by atoms with Crippen LogP contribution in [-0.4, -0.2) is 38.7 Å².